The van der Waals surface area contributed by atoms with E-state index < -0.39 is 0 Å². The first-order valence-electron chi connectivity index (χ1n) is 14.0. The Kier molecular flexibility index (Phi) is 9.19. The van der Waals surface area contributed by atoms with Crippen LogP contribution in [0.15, 0.2) is 52.6 Å². The molecule has 1 aliphatic carbocycles. The van der Waals surface area contributed by atoms with Crippen molar-refractivity contribution in [3.8, 4) is 0 Å². The molecule has 35 heavy (non-hydrogen) atoms. The third-order valence-corrected chi connectivity index (χ3v) is 7.98. The Morgan fingerprint density at radius 3 is 2.60 bits per heavy atom. The van der Waals surface area contributed by atoms with Gasteiger partial charge < -0.3 is 4.90 Å². The van der Waals surface area contributed by atoms with E-state index in [0.29, 0.717) is 6.04 Å². The van der Waals surface area contributed by atoms with Gasteiger partial charge in [-0.15, -0.1) is 0 Å². The van der Waals surface area contributed by atoms with Crippen LogP contribution in [0, 0.1) is 5.92 Å². The number of rotatable bonds is 10. The Morgan fingerprint density at radius 1 is 1.14 bits per heavy atom. The van der Waals surface area contributed by atoms with Gasteiger partial charge >= 0.3 is 0 Å². The highest BCUT2D eigenvalue weighted by atomic mass is 15.1. The summed E-state index contributed by atoms with van der Waals surface area (Å²) in [5.74, 6) is 0.840. The van der Waals surface area contributed by atoms with Crippen molar-refractivity contribution < 1.29 is 0 Å². The highest BCUT2D eigenvalue weighted by molar-refractivity contribution is 6.04. The van der Waals surface area contributed by atoms with Gasteiger partial charge in [0.15, 0.2) is 0 Å². The summed E-state index contributed by atoms with van der Waals surface area (Å²) >= 11 is 0. The topological polar surface area (TPSA) is 18.8 Å². The number of likely N-dealkylation sites (tertiary alicyclic amines) is 1. The normalized spacial score (nSPS) is 20.7. The molecule has 0 N–H and O–H groups in total. The zero-order valence-corrected chi connectivity index (χ0v) is 22.9. The number of nitrogens with zero attached hydrogens (tertiary/aromatic N) is 3. The van der Waals surface area contributed by atoms with E-state index in [4.69, 9.17) is 4.99 Å². The molecule has 0 bridgehead atoms. The van der Waals surface area contributed by atoms with Crippen LogP contribution >= 0.6 is 0 Å². The lowest BCUT2D eigenvalue weighted by atomic mass is 9.86. The number of hydrogen-bond donors (Lipinski definition) is 0. The number of allylic oxidation sites excluding steroid dienone is 4. The van der Waals surface area contributed by atoms with Crippen LogP contribution in [-0.2, 0) is 13.0 Å². The van der Waals surface area contributed by atoms with Crippen molar-refractivity contribution >= 4 is 5.71 Å². The molecule has 0 amide bonds. The number of fused-ring (bicyclic) bond motifs is 1. The predicted molar refractivity (Wildman–Crippen MR) is 151 cm³/mol. The quantitative estimate of drug-likeness (QED) is 0.333. The van der Waals surface area contributed by atoms with E-state index in [1.807, 2.05) is 0 Å². The zero-order chi connectivity index (χ0) is 24.8. The van der Waals surface area contributed by atoms with Gasteiger partial charge in [0.25, 0.3) is 0 Å². The van der Waals surface area contributed by atoms with Crippen molar-refractivity contribution in [2.24, 2.45) is 10.9 Å². The van der Waals surface area contributed by atoms with E-state index in [1.165, 1.54) is 84.3 Å². The van der Waals surface area contributed by atoms with E-state index >= 15 is 0 Å². The van der Waals surface area contributed by atoms with Crippen LogP contribution in [-0.4, -0.2) is 49.2 Å². The lowest BCUT2D eigenvalue weighted by Gasteiger charge is -2.32. The van der Waals surface area contributed by atoms with Crippen LogP contribution in [0.3, 0.4) is 0 Å². The molecule has 0 aromatic heterocycles. The highest BCUT2D eigenvalue weighted by Gasteiger charge is 2.29. The van der Waals surface area contributed by atoms with Gasteiger partial charge in [-0.25, -0.2) is 0 Å². The molecule has 1 unspecified atom stereocenters. The molecule has 0 radical (unpaired) electrons. The second-order valence-electron chi connectivity index (χ2n) is 11.4. The third kappa shape index (κ3) is 6.83. The lowest BCUT2D eigenvalue weighted by Crippen LogP contribution is -2.35. The molecule has 1 saturated heterocycles. The van der Waals surface area contributed by atoms with Crippen LogP contribution < -0.4 is 0 Å². The first kappa shape index (κ1) is 26.1. The van der Waals surface area contributed by atoms with Crippen molar-refractivity contribution in [1.82, 2.24) is 9.80 Å². The summed E-state index contributed by atoms with van der Waals surface area (Å²) in [5, 5.41) is 0. The Morgan fingerprint density at radius 2 is 1.94 bits per heavy atom. The standard InChI is InChI=1S/C32H47N3/c1-6-30-32-28(16-15-27(14-12-24(2)3)29(32)23-34(4)5)31(33-30)17-13-25-18-20-35(21-19-25)22-26-10-8-7-9-11-26/h8,10-12,15-16,25,30H,6-7,9,13-14,17-23H2,1-5H3. The van der Waals surface area contributed by atoms with Gasteiger partial charge in [0.2, 0.25) is 0 Å². The average molecular weight is 474 g/mol. The fraction of sp³-hybridized carbons (Fsp3) is 0.594. The Hall–Kier alpha value is -1.97. The summed E-state index contributed by atoms with van der Waals surface area (Å²) in [6.45, 7) is 11.3. The molecule has 190 valence electrons. The Bertz CT molecular complexity index is 982. The van der Waals surface area contributed by atoms with Crippen LogP contribution in [0.25, 0.3) is 0 Å². The summed E-state index contributed by atoms with van der Waals surface area (Å²) in [6.07, 6.45) is 19.1. The second kappa shape index (κ2) is 12.3. The number of benzene rings is 1. The van der Waals surface area contributed by atoms with Crippen molar-refractivity contribution in [2.75, 3.05) is 33.7 Å². The smallest absolute Gasteiger partial charge is 0.0759 e. The van der Waals surface area contributed by atoms with Crippen molar-refractivity contribution in [3.63, 3.8) is 0 Å². The summed E-state index contributed by atoms with van der Waals surface area (Å²) in [5.41, 5.74) is 10.3. The molecule has 1 aromatic carbocycles. The molecule has 1 atom stereocenters. The van der Waals surface area contributed by atoms with Gasteiger partial charge in [0.05, 0.1) is 6.04 Å². The monoisotopic (exact) mass is 473 g/mol. The zero-order valence-electron chi connectivity index (χ0n) is 22.9. The summed E-state index contributed by atoms with van der Waals surface area (Å²) in [6, 6.07) is 5.11. The van der Waals surface area contributed by atoms with Crippen LogP contribution in [0.4, 0.5) is 0 Å². The highest BCUT2D eigenvalue weighted by Crippen LogP contribution is 2.39. The van der Waals surface area contributed by atoms with Crippen LogP contribution in [0.1, 0.15) is 94.0 Å². The maximum Gasteiger partial charge on any atom is 0.0759 e. The molecule has 2 heterocycles. The number of piperidine rings is 1. The second-order valence-corrected chi connectivity index (χ2v) is 11.4. The molecule has 1 fully saturated rings. The number of aliphatic imine (C=N–C) groups is 1. The molecule has 3 aliphatic rings. The van der Waals surface area contributed by atoms with E-state index in [1.54, 1.807) is 0 Å². The van der Waals surface area contributed by atoms with Gasteiger partial charge in [-0.1, -0.05) is 48.9 Å². The number of hydrogen-bond acceptors (Lipinski definition) is 3. The summed E-state index contributed by atoms with van der Waals surface area (Å²) < 4.78 is 0. The minimum absolute atomic E-state index is 0.334. The lowest BCUT2D eigenvalue weighted by molar-refractivity contribution is 0.193. The maximum absolute atomic E-state index is 5.31. The Labute approximate surface area is 214 Å². The van der Waals surface area contributed by atoms with E-state index in [-0.39, 0.29) is 0 Å². The SMILES string of the molecule is CCC1N=C(CCC2CCN(CC3=CCCC=C3)CC2)c2ccc(CC=C(C)C)c(CN(C)C)c21. The molecule has 1 aromatic rings. The van der Waals surface area contributed by atoms with Crippen molar-refractivity contribution in [2.45, 2.75) is 84.7 Å². The average Bonchev–Trinajstić information content (AvgIpc) is 3.21. The first-order chi connectivity index (χ1) is 16.9. The molecular formula is C32H47N3. The molecule has 0 spiro atoms. The first-order valence-corrected chi connectivity index (χ1v) is 14.0. The van der Waals surface area contributed by atoms with Gasteiger partial charge in [-0.3, -0.25) is 9.89 Å². The summed E-state index contributed by atoms with van der Waals surface area (Å²) in [7, 11) is 4.38. The van der Waals surface area contributed by atoms with Crippen molar-refractivity contribution in [1.29, 1.82) is 0 Å². The molecule has 4 rings (SSSR count). The largest absolute Gasteiger partial charge is 0.305 e. The fourth-order valence-corrected chi connectivity index (χ4v) is 5.98. The molecule has 2 aliphatic heterocycles. The van der Waals surface area contributed by atoms with Crippen LogP contribution in [0.2, 0.25) is 0 Å². The van der Waals surface area contributed by atoms with E-state index in [0.717, 1.165) is 38.3 Å². The molecule has 3 heteroatoms. The van der Waals surface area contributed by atoms with Crippen molar-refractivity contribution in [3.05, 3.63) is 69.8 Å². The van der Waals surface area contributed by atoms with E-state index in [9.17, 15) is 0 Å². The van der Waals surface area contributed by atoms with Gasteiger partial charge in [0, 0.05) is 24.4 Å². The minimum Gasteiger partial charge on any atom is -0.305 e. The minimum atomic E-state index is 0.334. The Balaban J connectivity index is 1.40. The fourth-order valence-electron chi connectivity index (χ4n) is 5.98. The van der Waals surface area contributed by atoms with Crippen LogP contribution in [0.5, 0.6) is 0 Å². The van der Waals surface area contributed by atoms with Gasteiger partial charge in [0.1, 0.15) is 0 Å². The van der Waals surface area contributed by atoms with Gasteiger partial charge in [-0.2, -0.15) is 0 Å². The molecule has 0 saturated carbocycles. The summed E-state index contributed by atoms with van der Waals surface area (Å²) in [4.78, 5) is 10.3. The predicted octanol–water partition coefficient (Wildman–Crippen LogP) is 7.28. The molecule has 3 nitrogen and oxygen atoms in total. The van der Waals surface area contributed by atoms with E-state index in [2.05, 4.69) is 81.1 Å². The third-order valence-electron chi connectivity index (χ3n) is 7.98. The maximum atomic E-state index is 5.31. The molecular weight excluding hydrogens is 426 g/mol. The van der Waals surface area contributed by atoms with Gasteiger partial charge in [-0.05, 0) is 121 Å².